The summed E-state index contributed by atoms with van der Waals surface area (Å²) in [5.74, 6) is 1.46. The lowest BCUT2D eigenvalue weighted by atomic mass is 10.1. The van der Waals surface area contributed by atoms with Crippen LogP contribution in [0.4, 0.5) is 0 Å². The third-order valence-corrected chi connectivity index (χ3v) is 5.60. The number of carbonyl (C=O) groups is 2. The minimum atomic E-state index is -0.388. The van der Waals surface area contributed by atoms with E-state index in [2.05, 4.69) is 33.0 Å². The molecule has 1 N–H and O–H groups in total. The highest BCUT2D eigenvalue weighted by Crippen LogP contribution is 2.34. The molecule has 4 nitrogen and oxygen atoms in total. The molecule has 0 spiro atoms. The normalized spacial score (nSPS) is 20.4. The number of rotatable bonds is 6. The summed E-state index contributed by atoms with van der Waals surface area (Å²) in [6, 6.07) is 7.22. The number of nitrogens with one attached hydrogen (secondary N) is 1. The highest BCUT2D eigenvalue weighted by molar-refractivity contribution is 8.00. The Hall–Kier alpha value is -1.49. The van der Waals surface area contributed by atoms with Gasteiger partial charge in [0.2, 0.25) is 5.91 Å². The van der Waals surface area contributed by atoms with E-state index in [4.69, 9.17) is 0 Å². The molecular weight excluding hydrogens is 332 g/mol. The molecule has 2 atom stereocenters. The molecule has 0 radical (unpaired) electrons. The molecule has 2 unspecified atom stereocenters. The van der Waals surface area contributed by atoms with Crippen LogP contribution in [0.5, 0.6) is 0 Å². The van der Waals surface area contributed by atoms with Crippen LogP contribution in [0.2, 0.25) is 0 Å². The number of carbonyl (C=O) groups excluding carboxylic acids is 2. The fourth-order valence-electron chi connectivity index (χ4n) is 2.89. The van der Waals surface area contributed by atoms with Crippen molar-refractivity contribution in [2.75, 3.05) is 12.3 Å². The van der Waals surface area contributed by atoms with Crippen molar-refractivity contribution < 1.29 is 9.59 Å². The van der Waals surface area contributed by atoms with Gasteiger partial charge in [0, 0.05) is 17.9 Å². The molecule has 2 rings (SSSR count). The predicted octanol–water partition coefficient (Wildman–Crippen LogP) is 3.70. The van der Waals surface area contributed by atoms with Gasteiger partial charge in [-0.15, -0.1) is 11.8 Å². The number of nitrogens with zero attached hydrogens (tertiary/aromatic N) is 1. The van der Waals surface area contributed by atoms with Crippen molar-refractivity contribution in [3.63, 3.8) is 0 Å². The Labute approximate surface area is 155 Å². The fraction of sp³-hybridized carbons (Fsp3) is 0.600. The van der Waals surface area contributed by atoms with E-state index < -0.39 is 0 Å². The van der Waals surface area contributed by atoms with Crippen molar-refractivity contribution in [3.05, 3.63) is 35.4 Å². The maximum absolute atomic E-state index is 13.1. The van der Waals surface area contributed by atoms with Crippen molar-refractivity contribution in [2.45, 2.75) is 52.5 Å². The summed E-state index contributed by atoms with van der Waals surface area (Å²) in [7, 11) is 0. The van der Waals surface area contributed by atoms with Gasteiger partial charge < -0.3 is 10.2 Å². The topological polar surface area (TPSA) is 49.4 Å². The summed E-state index contributed by atoms with van der Waals surface area (Å²) in [6.45, 7) is 11.1. The van der Waals surface area contributed by atoms with E-state index in [1.165, 1.54) is 0 Å². The van der Waals surface area contributed by atoms with Gasteiger partial charge >= 0.3 is 0 Å². The second-order valence-electron chi connectivity index (χ2n) is 7.65. The Bertz CT molecular complexity index is 598. The van der Waals surface area contributed by atoms with Crippen LogP contribution in [0.15, 0.2) is 24.3 Å². The van der Waals surface area contributed by atoms with Gasteiger partial charge in [-0.25, -0.2) is 0 Å². The number of hydrogen-bond acceptors (Lipinski definition) is 3. The van der Waals surface area contributed by atoms with Gasteiger partial charge in [-0.3, -0.25) is 9.59 Å². The van der Waals surface area contributed by atoms with E-state index in [0.29, 0.717) is 29.7 Å². The second kappa shape index (κ2) is 8.75. The van der Waals surface area contributed by atoms with Crippen LogP contribution in [0, 0.1) is 18.8 Å². The van der Waals surface area contributed by atoms with Crippen LogP contribution in [0.25, 0.3) is 0 Å². The summed E-state index contributed by atoms with van der Waals surface area (Å²) < 4.78 is 0. The predicted molar refractivity (Wildman–Crippen MR) is 105 cm³/mol. The smallest absolute Gasteiger partial charge is 0.255 e. The van der Waals surface area contributed by atoms with E-state index in [-0.39, 0.29) is 23.2 Å². The van der Waals surface area contributed by atoms with Crippen molar-refractivity contribution in [2.24, 2.45) is 11.8 Å². The first kappa shape index (κ1) is 19.8. The number of benzene rings is 1. The maximum Gasteiger partial charge on any atom is 0.255 e. The average Bonchev–Trinajstić information content (AvgIpc) is 2.95. The van der Waals surface area contributed by atoms with Gasteiger partial charge in [-0.05, 0) is 37.3 Å². The Morgan fingerprint density at radius 2 is 1.80 bits per heavy atom. The highest BCUT2D eigenvalue weighted by atomic mass is 32.2. The van der Waals surface area contributed by atoms with Crippen molar-refractivity contribution in [1.82, 2.24) is 10.2 Å². The molecule has 138 valence electrons. The number of amides is 2. The summed E-state index contributed by atoms with van der Waals surface area (Å²) in [5, 5.41) is 3.06. The van der Waals surface area contributed by atoms with Gasteiger partial charge in [0.05, 0.1) is 5.37 Å². The number of aryl methyl sites for hydroxylation is 1. The van der Waals surface area contributed by atoms with Crippen LogP contribution in [0.3, 0.4) is 0 Å². The van der Waals surface area contributed by atoms with Crippen molar-refractivity contribution >= 4 is 23.6 Å². The minimum Gasteiger partial charge on any atom is -0.354 e. The van der Waals surface area contributed by atoms with Crippen LogP contribution >= 0.6 is 11.8 Å². The van der Waals surface area contributed by atoms with Crippen molar-refractivity contribution in [1.29, 1.82) is 0 Å². The summed E-state index contributed by atoms with van der Waals surface area (Å²) in [4.78, 5) is 27.6. The highest BCUT2D eigenvalue weighted by Gasteiger charge is 2.41. The van der Waals surface area contributed by atoms with Crippen LogP contribution in [0.1, 0.15) is 50.0 Å². The molecule has 0 aliphatic carbocycles. The molecule has 2 amide bonds. The van der Waals surface area contributed by atoms with Gasteiger partial charge in [0.1, 0.15) is 6.04 Å². The first-order valence-corrected chi connectivity index (χ1v) is 10.1. The molecule has 1 fully saturated rings. The molecule has 1 aliphatic heterocycles. The van der Waals surface area contributed by atoms with E-state index in [0.717, 1.165) is 12.0 Å². The van der Waals surface area contributed by atoms with E-state index in [1.54, 1.807) is 11.8 Å². The van der Waals surface area contributed by atoms with Gasteiger partial charge in [-0.2, -0.15) is 0 Å². The van der Waals surface area contributed by atoms with Gasteiger partial charge in [0.25, 0.3) is 5.91 Å². The first-order chi connectivity index (χ1) is 11.8. The number of thioether (sulfide) groups is 1. The quantitative estimate of drug-likeness (QED) is 0.839. The summed E-state index contributed by atoms with van der Waals surface area (Å²) >= 11 is 1.72. The summed E-state index contributed by atoms with van der Waals surface area (Å²) in [5.41, 5.74) is 1.78. The SMILES string of the molecule is Cc1ccc(C(=O)N2C(CC(C)C)SCC2C(=O)NCC(C)C)cc1. The van der Waals surface area contributed by atoms with E-state index in [1.807, 2.05) is 36.1 Å². The van der Waals surface area contributed by atoms with Crippen LogP contribution in [-0.4, -0.2) is 40.4 Å². The molecular formula is C20H30N2O2S. The minimum absolute atomic E-state index is 0.0343. The Morgan fingerprint density at radius 3 is 2.36 bits per heavy atom. The molecule has 1 aliphatic rings. The zero-order valence-electron chi connectivity index (χ0n) is 15.9. The van der Waals surface area contributed by atoms with Crippen molar-refractivity contribution in [3.8, 4) is 0 Å². The second-order valence-corrected chi connectivity index (χ2v) is 8.86. The molecule has 0 aromatic heterocycles. The molecule has 1 aromatic carbocycles. The Kier molecular flexibility index (Phi) is 6.94. The molecule has 25 heavy (non-hydrogen) atoms. The molecule has 1 aromatic rings. The largest absolute Gasteiger partial charge is 0.354 e. The van der Waals surface area contributed by atoms with E-state index >= 15 is 0 Å². The zero-order chi connectivity index (χ0) is 18.6. The lowest BCUT2D eigenvalue weighted by molar-refractivity contribution is -0.125. The third-order valence-electron chi connectivity index (χ3n) is 4.29. The molecule has 1 heterocycles. The van der Waals surface area contributed by atoms with Crippen LogP contribution in [-0.2, 0) is 4.79 Å². The maximum atomic E-state index is 13.1. The van der Waals surface area contributed by atoms with Crippen LogP contribution < -0.4 is 5.32 Å². The molecule has 0 bridgehead atoms. The van der Waals surface area contributed by atoms with Gasteiger partial charge in [-0.1, -0.05) is 45.4 Å². The zero-order valence-corrected chi connectivity index (χ0v) is 16.7. The lowest BCUT2D eigenvalue weighted by Crippen LogP contribution is -2.50. The van der Waals surface area contributed by atoms with Gasteiger partial charge in [0.15, 0.2) is 0 Å². The monoisotopic (exact) mass is 362 g/mol. The average molecular weight is 363 g/mol. The Balaban J connectivity index is 2.22. The fourth-order valence-corrected chi connectivity index (χ4v) is 4.53. The lowest BCUT2D eigenvalue weighted by Gasteiger charge is -2.30. The molecule has 5 heteroatoms. The molecule has 0 saturated carbocycles. The number of hydrogen-bond donors (Lipinski definition) is 1. The third kappa shape index (κ3) is 5.24. The van der Waals surface area contributed by atoms with E-state index in [9.17, 15) is 9.59 Å². The first-order valence-electron chi connectivity index (χ1n) is 9.08. The standard InChI is InChI=1S/C20H30N2O2S/c1-13(2)10-18-22(20(24)16-8-6-15(5)7-9-16)17(12-25-18)19(23)21-11-14(3)4/h6-9,13-14,17-18H,10-12H2,1-5H3,(H,21,23). The summed E-state index contributed by atoms with van der Waals surface area (Å²) in [6.07, 6.45) is 0.899. The Morgan fingerprint density at radius 1 is 1.16 bits per heavy atom. The molecule has 1 saturated heterocycles.